The molecule has 4 heterocycles. The van der Waals surface area contributed by atoms with Gasteiger partial charge in [-0.05, 0) is 43.4 Å². The van der Waals surface area contributed by atoms with Crippen LogP contribution in [0.4, 0.5) is 13.2 Å². The van der Waals surface area contributed by atoms with E-state index in [-0.39, 0.29) is 29.3 Å². The first-order chi connectivity index (χ1) is 15.8. The Labute approximate surface area is 186 Å². The second-order valence-electron chi connectivity index (χ2n) is 8.98. The predicted molar refractivity (Wildman–Crippen MR) is 108 cm³/mol. The van der Waals surface area contributed by atoms with Gasteiger partial charge in [-0.15, -0.1) is 4.80 Å². The van der Waals surface area contributed by atoms with Gasteiger partial charge in [0.05, 0.1) is 29.6 Å². The Balaban J connectivity index is 1.26. The van der Waals surface area contributed by atoms with Crippen LogP contribution in [0.15, 0.2) is 43.0 Å². The Morgan fingerprint density at radius 1 is 1.15 bits per heavy atom. The summed E-state index contributed by atoms with van der Waals surface area (Å²) >= 11 is 0. The molecule has 1 spiro atoms. The second kappa shape index (κ2) is 6.75. The van der Waals surface area contributed by atoms with E-state index in [0.717, 1.165) is 30.7 Å². The summed E-state index contributed by atoms with van der Waals surface area (Å²) in [6.07, 6.45) is 2.47. The number of hydrogen-bond donors (Lipinski definition) is 0. The summed E-state index contributed by atoms with van der Waals surface area (Å²) < 4.78 is 44.4. The average molecular weight is 456 g/mol. The number of carbonyl (C=O) groups excluding carboxylic acids is 1. The van der Waals surface area contributed by atoms with E-state index in [0.29, 0.717) is 23.8 Å². The molecule has 4 atom stereocenters. The summed E-state index contributed by atoms with van der Waals surface area (Å²) in [6, 6.07) is 3.80. The fourth-order valence-electron chi connectivity index (χ4n) is 5.38. The van der Waals surface area contributed by atoms with Crippen LogP contribution in [0, 0.1) is 18.3 Å². The fraction of sp³-hybridized carbons (Fsp3) is 0.409. The van der Waals surface area contributed by atoms with E-state index >= 15 is 0 Å². The van der Waals surface area contributed by atoms with Crippen molar-refractivity contribution in [3.63, 3.8) is 0 Å². The number of aryl methyl sites for hydroxylation is 1. The van der Waals surface area contributed by atoms with Gasteiger partial charge in [-0.2, -0.15) is 23.4 Å². The van der Waals surface area contributed by atoms with Gasteiger partial charge in [-0.25, -0.2) is 9.97 Å². The molecular formula is C22H19F3N6O2. The normalized spacial score (nSPS) is 27.5. The SMILES string of the molecule is Cc1cnc(-n2nccn2)c(C(=O)N2CC3CC34CC(Oc3ccc(C(F)(F)F)cn3)C24)c1. The third-order valence-corrected chi connectivity index (χ3v) is 6.99. The third kappa shape index (κ3) is 3.09. The molecule has 3 fully saturated rings. The van der Waals surface area contributed by atoms with Crippen LogP contribution in [0.25, 0.3) is 5.82 Å². The van der Waals surface area contributed by atoms with Crippen LogP contribution in [0.2, 0.25) is 0 Å². The van der Waals surface area contributed by atoms with E-state index in [2.05, 4.69) is 20.2 Å². The number of amides is 1. The maximum atomic E-state index is 13.6. The highest BCUT2D eigenvalue weighted by molar-refractivity contribution is 5.98. The fourth-order valence-corrected chi connectivity index (χ4v) is 5.38. The van der Waals surface area contributed by atoms with Crippen LogP contribution in [0.5, 0.6) is 5.88 Å². The largest absolute Gasteiger partial charge is 0.472 e. The molecule has 2 aliphatic carbocycles. The monoisotopic (exact) mass is 456 g/mol. The molecule has 33 heavy (non-hydrogen) atoms. The first kappa shape index (κ1) is 20.1. The van der Waals surface area contributed by atoms with Crippen molar-refractivity contribution in [2.75, 3.05) is 6.54 Å². The van der Waals surface area contributed by atoms with Crippen molar-refractivity contribution >= 4 is 5.91 Å². The molecule has 0 bridgehead atoms. The van der Waals surface area contributed by atoms with Gasteiger partial charge in [-0.3, -0.25) is 4.79 Å². The Hall–Kier alpha value is -3.50. The topological polar surface area (TPSA) is 86.0 Å². The quantitative estimate of drug-likeness (QED) is 0.600. The standard InChI is InChI=1S/C22H19F3N6O2/c1-12-6-15(19(27-9-12)31-28-4-5-29-31)20(32)30-11-14-7-21(14)8-16(18(21)30)33-17-3-2-13(10-26-17)22(23,24)25/h2-6,9-10,14,16,18H,7-8,11H2,1H3. The minimum absolute atomic E-state index is 0.0353. The van der Waals surface area contributed by atoms with Gasteiger partial charge in [0.1, 0.15) is 6.10 Å². The lowest BCUT2D eigenvalue weighted by Gasteiger charge is -2.47. The van der Waals surface area contributed by atoms with Crippen LogP contribution in [-0.4, -0.2) is 54.5 Å². The van der Waals surface area contributed by atoms with Gasteiger partial charge >= 0.3 is 6.18 Å². The highest BCUT2D eigenvalue weighted by Gasteiger charge is 2.76. The minimum atomic E-state index is -4.45. The van der Waals surface area contributed by atoms with Crippen molar-refractivity contribution in [2.24, 2.45) is 11.3 Å². The van der Waals surface area contributed by atoms with Gasteiger partial charge < -0.3 is 9.64 Å². The number of likely N-dealkylation sites (tertiary alicyclic amines) is 1. The molecule has 6 rings (SSSR count). The van der Waals surface area contributed by atoms with E-state index in [1.807, 2.05) is 11.8 Å². The molecule has 170 valence electrons. The number of ether oxygens (including phenoxy) is 1. The number of pyridine rings is 2. The lowest BCUT2D eigenvalue weighted by Crippen LogP contribution is -2.59. The van der Waals surface area contributed by atoms with Gasteiger partial charge in [0.2, 0.25) is 5.88 Å². The van der Waals surface area contributed by atoms with Crippen LogP contribution in [-0.2, 0) is 6.18 Å². The highest BCUT2D eigenvalue weighted by atomic mass is 19.4. The molecule has 3 aliphatic rings. The molecular weight excluding hydrogens is 437 g/mol. The maximum Gasteiger partial charge on any atom is 0.417 e. The smallest absolute Gasteiger partial charge is 0.417 e. The third-order valence-electron chi connectivity index (χ3n) is 6.99. The zero-order valence-corrected chi connectivity index (χ0v) is 17.5. The van der Waals surface area contributed by atoms with Gasteiger partial charge in [0.15, 0.2) is 5.82 Å². The van der Waals surface area contributed by atoms with Crippen molar-refractivity contribution in [3.8, 4) is 11.7 Å². The number of halogens is 3. The number of aromatic nitrogens is 5. The molecule has 0 radical (unpaired) electrons. The molecule has 1 aliphatic heterocycles. The van der Waals surface area contributed by atoms with Gasteiger partial charge in [-0.1, -0.05) is 0 Å². The molecule has 1 saturated heterocycles. The summed E-state index contributed by atoms with van der Waals surface area (Å²) in [7, 11) is 0. The number of carbonyl (C=O) groups is 1. The second-order valence-corrected chi connectivity index (χ2v) is 8.98. The van der Waals surface area contributed by atoms with Crippen molar-refractivity contribution in [1.82, 2.24) is 29.9 Å². The Kier molecular flexibility index (Phi) is 4.12. The zero-order valence-electron chi connectivity index (χ0n) is 17.5. The van der Waals surface area contributed by atoms with E-state index < -0.39 is 11.7 Å². The van der Waals surface area contributed by atoms with Gasteiger partial charge in [0.25, 0.3) is 5.91 Å². The summed E-state index contributed by atoms with van der Waals surface area (Å²) in [5.41, 5.74) is 0.448. The Morgan fingerprint density at radius 2 is 1.94 bits per heavy atom. The number of alkyl halides is 3. The number of nitrogens with zero attached hydrogens (tertiary/aromatic N) is 6. The van der Waals surface area contributed by atoms with E-state index in [9.17, 15) is 18.0 Å². The lowest BCUT2D eigenvalue weighted by molar-refractivity contribution is -0.137. The van der Waals surface area contributed by atoms with Crippen molar-refractivity contribution in [1.29, 1.82) is 0 Å². The van der Waals surface area contributed by atoms with Gasteiger partial charge in [0, 0.05) is 30.4 Å². The van der Waals surface area contributed by atoms with Crippen molar-refractivity contribution in [3.05, 3.63) is 59.7 Å². The number of hydrogen-bond acceptors (Lipinski definition) is 6. The highest BCUT2D eigenvalue weighted by Crippen LogP contribution is 2.71. The molecule has 8 nitrogen and oxygen atoms in total. The molecule has 11 heteroatoms. The summed E-state index contributed by atoms with van der Waals surface area (Å²) in [5.74, 6) is 0.712. The minimum Gasteiger partial charge on any atom is -0.472 e. The predicted octanol–water partition coefficient (Wildman–Crippen LogP) is 3.07. The molecule has 3 aromatic rings. The van der Waals surface area contributed by atoms with Crippen molar-refractivity contribution in [2.45, 2.75) is 38.1 Å². The Bertz CT molecular complexity index is 1230. The van der Waals surface area contributed by atoms with E-state index in [1.165, 1.54) is 23.3 Å². The van der Waals surface area contributed by atoms with Crippen LogP contribution in [0.3, 0.4) is 0 Å². The van der Waals surface area contributed by atoms with E-state index in [4.69, 9.17) is 4.74 Å². The summed E-state index contributed by atoms with van der Waals surface area (Å²) in [5, 5.41) is 8.22. The molecule has 4 unspecified atom stereocenters. The molecule has 1 amide bonds. The van der Waals surface area contributed by atoms with Crippen LogP contribution >= 0.6 is 0 Å². The summed E-state index contributed by atoms with van der Waals surface area (Å²) in [4.78, 5) is 25.0. The first-order valence-electron chi connectivity index (χ1n) is 10.6. The first-order valence-corrected chi connectivity index (χ1v) is 10.6. The summed E-state index contributed by atoms with van der Waals surface area (Å²) in [6.45, 7) is 2.47. The Morgan fingerprint density at radius 3 is 2.64 bits per heavy atom. The molecule has 0 N–H and O–H groups in total. The average Bonchev–Trinajstić information content (AvgIpc) is 3.14. The van der Waals surface area contributed by atoms with Crippen LogP contribution in [0.1, 0.15) is 34.3 Å². The zero-order chi connectivity index (χ0) is 23.0. The molecule has 2 saturated carbocycles. The lowest BCUT2D eigenvalue weighted by atomic mass is 9.73. The maximum absolute atomic E-state index is 13.6. The van der Waals surface area contributed by atoms with Crippen LogP contribution < -0.4 is 4.74 Å². The van der Waals surface area contributed by atoms with E-state index in [1.54, 1.807) is 12.3 Å². The molecule has 0 aromatic carbocycles. The molecule has 3 aromatic heterocycles. The van der Waals surface area contributed by atoms with Crippen molar-refractivity contribution < 1.29 is 22.7 Å². The number of rotatable bonds is 4. The number of piperidine rings is 1.